The molecule has 0 aromatic carbocycles. The molecule has 1 unspecified atom stereocenters. The number of rotatable bonds is 5. The van der Waals surface area contributed by atoms with Gasteiger partial charge in [-0.1, -0.05) is 6.07 Å². The normalized spacial score (nSPS) is 18.6. The van der Waals surface area contributed by atoms with Gasteiger partial charge in [0, 0.05) is 51.1 Å². The van der Waals surface area contributed by atoms with Gasteiger partial charge in [0.1, 0.15) is 17.5 Å². The van der Waals surface area contributed by atoms with Crippen LogP contribution in [0.15, 0.2) is 24.4 Å². The standard InChI is InChI=1S/C18H26N6O2S/c1-13-7-5-9-19-17(13)21-16-11-14(2)20-18(22-16)15-8-6-10-24(12-15)27(25,26)23(3)4/h5,7,9,11,15H,6,8,10,12H2,1-4H3,(H,19,20,21,22). The Balaban J connectivity index is 1.84. The molecule has 9 heteroatoms. The van der Waals surface area contributed by atoms with E-state index in [4.69, 9.17) is 0 Å². The molecule has 3 rings (SSSR count). The fraction of sp³-hybridized carbons (Fsp3) is 0.500. The molecule has 2 aromatic heterocycles. The summed E-state index contributed by atoms with van der Waals surface area (Å²) in [5.41, 5.74) is 1.86. The highest BCUT2D eigenvalue weighted by Gasteiger charge is 2.32. The molecule has 0 radical (unpaired) electrons. The van der Waals surface area contributed by atoms with Gasteiger partial charge in [-0.05, 0) is 38.3 Å². The summed E-state index contributed by atoms with van der Waals surface area (Å²) in [5, 5.41) is 3.25. The SMILES string of the molecule is Cc1cc(Nc2ncccc2C)nc(C2CCCN(S(=O)(=O)N(C)C)C2)n1. The molecule has 1 saturated heterocycles. The monoisotopic (exact) mass is 390 g/mol. The van der Waals surface area contributed by atoms with Gasteiger partial charge >= 0.3 is 0 Å². The first-order valence-electron chi connectivity index (χ1n) is 8.99. The van der Waals surface area contributed by atoms with Crippen molar-refractivity contribution in [1.29, 1.82) is 0 Å². The van der Waals surface area contributed by atoms with E-state index in [9.17, 15) is 8.42 Å². The van der Waals surface area contributed by atoms with Crippen LogP contribution in [0.3, 0.4) is 0 Å². The first-order chi connectivity index (χ1) is 12.8. The molecule has 146 valence electrons. The van der Waals surface area contributed by atoms with E-state index in [2.05, 4.69) is 20.3 Å². The summed E-state index contributed by atoms with van der Waals surface area (Å²) < 4.78 is 27.7. The largest absolute Gasteiger partial charge is 0.325 e. The van der Waals surface area contributed by atoms with Crippen LogP contribution in [0.1, 0.15) is 35.8 Å². The fourth-order valence-corrected chi connectivity index (χ4v) is 4.36. The van der Waals surface area contributed by atoms with Crippen LogP contribution in [0.25, 0.3) is 0 Å². The zero-order valence-corrected chi connectivity index (χ0v) is 17.0. The average molecular weight is 391 g/mol. The fourth-order valence-electron chi connectivity index (χ4n) is 3.17. The van der Waals surface area contributed by atoms with Gasteiger partial charge in [-0.25, -0.2) is 15.0 Å². The van der Waals surface area contributed by atoms with Gasteiger partial charge in [0.25, 0.3) is 10.2 Å². The van der Waals surface area contributed by atoms with E-state index in [0.717, 1.165) is 29.9 Å². The van der Waals surface area contributed by atoms with Crippen molar-refractivity contribution in [3.8, 4) is 0 Å². The predicted octanol–water partition coefficient (Wildman–Crippen LogP) is 2.22. The van der Waals surface area contributed by atoms with Gasteiger partial charge in [0.05, 0.1) is 0 Å². The number of aromatic nitrogens is 3. The molecule has 3 heterocycles. The van der Waals surface area contributed by atoms with E-state index in [-0.39, 0.29) is 5.92 Å². The van der Waals surface area contributed by atoms with Crippen LogP contribution in [-0.2, 0) is 10.2 Å². The predicted molar refractivity (Wildman–Crippen MR) is 105 cm³/mol. The summed E-state index contributed by atoms with van der Waals surface area (Å²) >= 11 is 0. The first kappa shape index (κ1) is 19.7. The van der Waals surface area contributed by atoms with Crippen molar-refractivity contribution in [3.05, 3.63) is 41.5 Å². The van der Waals surface area contributed by atoms with Crippen LogP contribution in [0.2, 0.25) is 0 Å². The van der Waals surface area contributed by atoms with Crippen LogP contribution in [0.4, 0.5) is 11.6 Å². The molecule has 1 aliphatic heterocycles. The summed E-state index contributed by atoms with van der Waals surface area (Å²) in [7, 11) is -0.320. The van der Waals surface area contributed by atoms with Crippen molar-refractivity contribution in [2.45, 2.75) is 32.6 Å². The second-order valence-electron chi connectivity index (χ2n) is 7.03. The minimum atomic E-state index is -3.43. The van der Waals surface area contributed by atoms with Crippen molar-refractivity contribution in [2.75, 3.05) is 32.5 Å². The number of aryl methyl sites for hydroxylation is 2. The summed E-state index contributed by atoms with van der Waals surface area (Å²) in [6, 6.07) is 5.74. The Kier molecular flexibility index (Phi) is 5.73. The summed E-state index contributed by atoms with van der Waals surface area (Å²) in [4.78, 5) is 13.6. The summed E-state index contributed by atoms with van der Waals surface area (Å²) in [6.07, 6.45) is 3.39. The van der Waals surface area contributed by atoms with Gasteiger partial charge in [-0.2, -0.15) is 17.0 Å². The molecular formula is C18H26N6O2S. The van der Waals surface area contributed by atoms with Gasteiger partial charge < -0.3 is 5.32 Å². The van der Waals surface area contributed by atoms with E-state index >= 15 is 0 Å². The van der Waals surface area contributed by atoms with E-state index in [1.165, 1.54) is 8.61 Å². The molecule has 8 nitrogen and oxygen atoms in total. The summed E-state index contributed by atoms with van der Waals surface area (Å²) in [6.45, 7) is 4.82. The van der Waals surface area contributed by atoms with Gasteiger partial charge in [0.2, 0.25) is 0 Å². The maximum atomic E-state index is 12.5. The second kappa shape index (κ2) is 7.87. The molecule has 1 fully saturated rings. The van der Waals surface area contributed by atoms with Crippen LogP contribution >= 0.6 is 0 Å². The second-order valence-corrected chi connectivity index (χ2v) is 9.18. The molecule has 1 atom stereocenters. The minimum Gasteiger partial charge on any atom is -0.325 e. The molecule has 0 saturated carbocycles. The number of piperidine rings is 1. The lowest BCUT2D eigenvalue weighted by Gasteiger charge is -2.32. The maximum absolute atomic E-state index is 12.5. The van der Waals surface area contributed by atoms with E-state index < -0.39 is 10.2 Å². The van der Waals surface area contributed by atoms with Crippen molar-refractivity contribution < 1.29 is 8.42 Å². The van der Waals surface area contributed by atoms with Gasteiger partial charge in [-0.15, -0.1) is 0 Å². The van der Waals surface area contributed by atoms with Gasteiger partial charge in [0.15, 0.2) is 0 Å². The Morgan fingerprint density at radius 3 is 2.74 bits per heavy atom. The third-order valence-corrected chi connectivity index (χ3v) is 6.57. The molecular weight excluding hydrogens is 364 g/mol. The molecule has 0 aliphatic carbocycles. The van der Waals surface area contributed by atoms with E-state index in [0.29, 0.717) is 24.7 Å². The lowest BCUT2D eigenvalue weighted by molar-refractivity contribution is 0.293. The molecule has 0 amide bonds. The van der Waals surface area contributed by atoms with Crippen molar-refractivity contribution >= 4 is 21.8 Å². The molecule has 0 bridgehead atoms. The zero-order valence-electron chi connectivity index (χ0n) is 16.2. The number of hydrogen-bond donors (Lipinski definition) is 1. The smallest absolute Gasteiger partial charge is 0.281 e. The van der Waals surface area contributed by atoms with E-state index in [1.807, 2.05) is 32.0 Å². The minimum absolute atomic E-state index is 0.0289. The number of hydrogen-bond acceptors (Lipinski definition) is 6. The number of anilines is 2. The molecule has 1 N–H and O–H groups in total. The first-order valence-corrected chi connectivity index (χ1v) is 10.4. The third-order valence-electron chi connectivity index (χ3n) is 4.66. The highest BCUT2D eigenvalue weighted by Crippen LogP contribution is 2.28. The lowest BCUT2D eigenvalue weighted by atomic mass is 9.99. The van der Waals surface area contributed by atoms with Gasteiger partial charge in [-0.3, -0.25) is 0 Å². The number of pyridine rings is 1. The van der Waals surface area contributed by atoms with Crippen LogP contribution in [-0.4, -0.2) is 59.2 Å². The third kappa shape index (κ3) is 4.42. The molecule has 2 aromatic rings. The average Bonchev–Trinajstić information content (AvgIpc) is 2.63. The Bertz CT molecular complexity index is 916. The van der Waals surface area contributed by atoms with Crippen LogP contribution < -0.4 is 5.32 Å². The van der Waals surface area contributed by atoms with Crippen LogP contribution in [0.5, 0.6) is 0 Å². The topological polar surface area (TPSA) is 91.3 Å². The Hall–Kier alpha value is -2.10. The summed E-state index contributed by atoms with van der Waals surface area (Å²) in [5.74, 6) is 2.07. The highest BCUT2D eigenvalue weighted by atomic mass is 32.2. The molecule has 0 spiro atoms. The Morgan fingerprint density at radius 1 is 1.26 bits per heavy atom. The van der Waals surface area contributed by atoms with Crippen LogP contribution in [0, 0.1) is 13.8 Å². The quantitative estimate of drug-likeness (QED) is 0.842. The Morgan fingerprint density at radius 2 is 2.04 bits per heavy atom. The van der Waals surface area contributed by atoms with Crippen molar-refractivity contribution in [2.24, 2.45) is 0 Å². The zero-order chi connectivity index (χ0) is 19.6. The lowest BCUT2D eigenvalue weighted by Crippen LogP contribution is -2.45. The van der Waals surface area contributed by atoms with Crippen molar-refractivity contribution in [1.82, 2.24) is 23.6 Å². The molecule has 1 aliphatic rings. The maximum Gasteiger partial charge on any atom is 0.281 e. The highest BCUT2D eigenvalue weighted by molar-refractivity contribution is 7.86. The van der Waals surface area contributed by atoms with Crippen molar-refractivity contribution in [3.63, 3.8) is 0 Å². The van der Waals surface area contributed by atoms with E-state index in [1.54, 1.807) is 20.3 Å². The Labute approximate surface area is 160 Å². The number of nitrogens with one attached hydrogen (secondary N) is 1. The molecule has 27 heavy (non-hydrogen) atoms. The number of nitrogens with zero attached hydrogens (tertiary/aromatic N) is 5.